The van der Waals surface area contributed by atoms with E-state index in [2.05, 4.69) is 5.32 Å². The Labute approximate surface area is 76.4 Å². The first kappa shape index (κ1) is 11.2. The highest BCUT2D eigenvalue weighted by Gasteiger charge is 2.01. The first-order chi connectivity index (χ1) is 5.66. The van der Waals surface area contributed by atoms with Gasteiger partial charge in [0, 0.05) is 12.3 Å². The molecule has 0 radical (unpaired) electrons. The van der Waals surface area contributed by atoms with Gasteiger partial charge in [-0.05, 0) is 12.8 Å². The van der Waals surface area contributed by atoms with E-state index < -0.39 is 5.91 Å². The Hall–Kier alpha value is -0.770. The summed E-state index contributed by atoms with van der Waals surface area (Å²) in [5.74, 6) is -0.122. The van der Waals surface area contributed by atoms with Gasteiger partial charge >= 0.3 is 0 Å². The Bertz CT molecular complexity index is 161. The third-order valence-corrected chi connectivity index (χ3v) is 1.51. The molecule has 0 saturated heterocycles. The van der Waals surface area contributed by atoms with Gasteiger partial charge in [0.25, 0.3) is 0 Å². The largest absolute Gasteiger partial charge is 0.368 e. The molecular formula is C7H13ClN2O2. The van der Waals surface area contributed by atoms with Gasteiger partial charge in [-0.15, -0.1) is 11.6 Å². The second kappa shape index (κ2) is 6.91. The number of unbranched alkanes of at least 4 members (excludes halogenated alkanes) is 1. The zero-order chi connectivity index (χ0) is 9.40. The number of alkyl halides is 1. The van der Waals surface area contributed by atoms with Crippen LogP contribution >= 0.6 is 11.6 Å². The lowest BCUT2D eigenvalue weighted by molar-refractivity contribution is -0.124. The van der Waals surface area contributed by atoms with Crippen LogP contribution in [0.3, 0.4) is 0 Å². The Morgan fingerprint density at radius 1 is 1.33 bits per heavy atom. The van der Waals surface area contributed by atoms with Crippen LogP contribution < -0.4 is 11.1 Å². The van der Waals surface area contributed by atoms with Crippen LogP contribution in [-0.4, -0.2) is 24.2 Å². The smallest absolute Gasteiger partial charge is 0.236 e. The lowest BCUT2D eigenvalue weighted by atomic mass is 10.2. The molecule has 4 nitrogen and oxygen atoms in total. The molecule has 0 bridgehead atoms. The van der Waals surface area contributed by atoms with Crippen LogP contribution in [0.1, 0.15) is 19.3 Å². The number of nitrogens with one attached hydrogen (secondary N) is 1. The zero-order valence-corrected chi connectivity index (χ0v) is 7.56. The predicted octanol–water partition coefficient (Wildman–Crippen LogP) is -0.00300. The van der Waals surface area contributed by atoms with Crippen LogP contribution in [0.25, 0.3) is 0 Å². The summed E-state index contributed by atoms with van der Waals surface area (Å²) >= 11 is 5.41. The number of carbonyl (C=O) groups excluding carboxylic acids is 2. The van der Waals surface area contributed by atoms with Crippen LogP contribution in [0, 0.1) is 0 Å². The summed E-state index contributed by atoms with van der Waals surface area (Å²) in [5, 5.41) is 2.38. The van der Waals surface area contributed by atoms with Gasteiger partial charge < -0.3 is 11.1 Å². The van der Waals surface area contributed by atoms with E-state index in [0.29, 0.717) is 12.3 Å². The molecule has 5 heteroatoms. The van der Waals surface area contributed by atoms with Gasteiger partial charge in [-0.2, -0.15) is 0 Å². The maximum atomic E-state index is 10.9. The minimum atomic E-state index is -0.527. The molecule has 0 aliphatic carbocycles. The third kappa shape index (κ3) is 7.34. The average molecular weight is 193 g/mol. The molecule has 12 heavy (non-hydrogen) atoms. The summed E-state index contributed by atoms with van der Waals surface area (Å²) in [6.45, 7) is -0.0836. The van der Waals surface area contributed by atoms with Crippen LogP contribution in [-0.2, 0) is 9.59 Å². The number of halogens is 1. The Morgan fingerprint density at radius 2 is 2.00 bits per heavy atom. The molecule has 0 heterocycles. The highest BCUT2D eigenvalue weighted by Crippen LogP contribution is 1.96. The molecule has 3 N–H and O–H groups in total. The van der Waals surface area contributed by atoms with Gasteiger partial charge in [-0.1, -0.05) is 0 Å². The minimum Gasteiger partial charge on any atom is -0.368 e. The SMILES string of the molecule is NC(=O)CNC(=O)CCCCCl. The number of rotatable bonds is 6. The maximum absolute atomic E-state index is 10.9. The topological polar surface area (TPSA) is 72.2 Å². The lowest BCUT2D eigenvalue weighted by Gasteiger charge is -2.00. The van der Waals surface area contributed by atoms with Crippen LogP contribution in [0.4, 0.5) is 0 Å². The lowest BCUT2D eigenvalue weighted by Crippen LogP contribution is -2.33. The van der Waals surface area contributed by atoms with E-state index in [9.17, 15) is 9.59 Å². The first-order valence-corrected chi connectivity index (χ1v) is 4.31. The third-order valence-electron chi connectivity index (χ3n) is 1.25. The van der Waals surface area contributed by atoms with Crippen LogP contribution in [0.5, 0.6) is 0 Å². The second-order valence-electron chi connectivity index (χ2n) is 2.39. The molecular weight excluding hydrogens is 180 g/mol. The summed E-state index contributed by atoms with van der Waals surface area (Å²) in [4.78, 5) is 21.1. The van der Waals surface area contributed by atoms with Crippen molar-refractivity contribution in [2.75, 3.05) is 12.4 Å². The predicted molar refractivity (Wildman–Crippen MR) is 46.8 cm³/mol. The molecule has 0 spiro atoms. The fraction of sp³-hybridized carbons (Fsp3) is 0.714. The van der Waals surface area contributed by atoms with E-state index in [1.54, 1.807) is 0 Å². The Kier molecular flexibility index (Phi) is 6.47. The molecule has 0 aliphatic rings. The quantitative estimate of drug-likeness (QED) is 0.459. The van der Waals surface area contributed by atoms with Crippen LogP contribution in [0.15, 0.2) is 0 Å². The summed E-state index contributed by atoms with van der Waals surface area (Å²) in [5.41, 5.74) is 4.82. The van der Waals surface area contributed by atoms with Crippen molar-refractivity contribution in [3.05, 3.63) is 0 Å². The molecule has 0 atom stereocenters. The van der Waals surface area contributed by atoms with Gasteiger partial charge in [0.2, 0.25) is 11.8 Å². The van der Waals surface area contributed by atoms with Gasteiger partial charge in [-0.25, -0.2) is 0 Å². The van der Waals surface area contributed by atoms with E-state index in [4.69, 9.17) is 17.3 Å². The second-order valence-corrected chi connectivity index (χ2v) is 2.77. The fourth-order valence-corrected chi connectivity index (χ4v) is 0.843. The van der Waals surface area contributed by atoms with Gasteiger partial charge in [-0.3, -0.25) is 9.59 Å². The average Bonchev–Trinajstić information content (AvgIpc) is 2.01. The Balaban J connectivity index is 3.28. The van der Waals surface area contributed by atoms with E-state index in [-0.39, 0.29) is 12.5 Å². The van der Waals surface area contributed by atoms with E-state index in [1.165, 1.54) is 0 Å². The molecule has 0 aliphatic heterocycles. The van der Waals surface area contributed by atoms with Crippen molar-refractivity contribution in [3.8, 4) is 0 Å². The molecule has 0 aromatic carbocycles. The highest BCUT2D eigenvalue weighted by molar-refractivity contribution is 6.17. The van der Waals surface area contributed by atoms with Crippen molar-refractivity contribution in [1.82, 2.24) is 5.32 Å². The molecule has 0 fully saturated rings. The minimum absolute atomic E-state index is 0.0836. The van der Waals surface area contributed by atoms with E-state index >= 15 is 0 Å². The van der Waals surface area contributed by atoms with Gasteiger partial charge in [0.1, 0.15) is 0 Å². The van der Waals surface area contributed by atoms with Crippen molar-refractivity contribution in [2.45, 2.75) is 19.3 Å². The van der Waals surface area contributed by atoms with E-state index in [0.717, 1.165) is 12.8 Å². The molecule has 0 saturated carbocycles. The molecule has 0 aromatic rings. The van der Waals surface area contributed by atoms with Crippen molar-refractivity contribution in [2.24, 2.45) is 5.73 Å². The number of hydrogen-bond donors (Lipinski definition) is 2. The molecule has 2 amide bonds. The number of hydrogen-bond acceptors (Lipinski definition) is 2. The summed E-state index contributed by atoms with van der Waals surface area (Å²) in [6, 6.07) is 0. The van der Waals surface area contributed by atoms with Crippen molar-refractivity contribution < 1.29 is 9.59 Å². The van der Waals surface area contributed by atoms with Crippen molar-refractivity contribution in [3.63, 3.8) is 0 Å². The van der Waals surface area contributed by atoms with Gasteiger partial charge in [0.05, 0.1) is 6.54 Å². The summed E-state index contributed by atoms with van der Waals surface area (Å²) in [6.07, 6.45) is 1.96. The van der Waals surface area contributed by atoms with Crippen molar-refractivity contribution >= 4 is 23.4 Å². The number of amides is 2. The van der Waals surface area contributed by atoms with Gasteiger partial charge in [0.15, 0.2) is 0 Å². The standard InChI is InChI=1S/C7H13ClN2O2/c8-4-2-1-3-7(12)10-5-6(9)11/h1-5H2,(H2,9,11)(H,10,12). The summed E-state index contributed by atoms with van der Waals surface area (Å²) in [7, 11) is 0. The fourth-order valence-electron chi connectivity index (χ4n) is 0.654. The monoisotopic (exact) mass is 192 g/mol. The molecule has 70 valence electrons. The molecule has 0 rings (SSSR count). The van der Waals surface area contributed by atoms with Crippen LogP contribution in [0.2, 0.25) is 0 Å². The first-order valence-electron chi connectivity index (χ1n) is 3.77. The normalized spacial score (nSPS) is 9.42. The molecule has 0 unspecified atom stereocenters. The van der Waals surface area contributed by atoms with E-state index in [1.807, 2.05) is 0 Å². The highest BCUT2D eigenvalue weighted by atomic mass is 35.5. The number of carbonyl (C=O) groups is 2. The number of nitrogens with two attached hydrogens (primary N) is 1. The maximum Gasteiger partial charge on any atom is 0.236 e. The summed E-state index contributed by atoms with van der Waals surface area (Å²) < 4.78 is 0. The van der Waals surface area contributed by atoms with Crippen molar-refractivity contribution in [1.29, 1.82) is 0 Å². The molecule has 0 aromatic heterocycles. The zero-order valence-electron chi connectivity index (χ0n) is 6.81. The Morgan fingerprint density at radius 3 is 2.50 bits per heavy atom. The number of primary amides is 1.